The van der Waals surface area contributed by atoms with Gasteiger partial charge in [0.05, 0.1) is 7.11 Å². The predicted molar refractivity (Wildman–Crippen MR) is 133 cm³/mol. The van der Waals surface area contributed by atoms with Crippen LogP contribution in [0.15, 0.2) is 42.5 Å². The van der Waals surface area contributed by atoms with E-state index in [1.165, 1.54) is 12.7 Å². The molecular formula is C27H35BN2O3. The summed E-state index contributed by atoms with van der Waals surface area (Å²) in [6.07, 6.45) is 5.46. The van der Waals surface area contributed by atoms with Gasteiger partial charge in [0.1, 0.15) is 7.85 Å². The van der Waals surface area contributed by atoms with Crippen molar-refractivity contribution in [3.05, 3.63) is 64.7 Å². The first-order valence-electron chi connectivity index (χ1n) is 11.9. The number of nitrogens with one attached hydrogen (secondary N) is 1. The number of benzene rings is 2. The third-order valence-corrected chi connectivity index (χ3v) is 6.74. The Hall–Kier alpha value is -2.60. The van der Waals surface area contributed by atoms with Crippen molar-refractivity contribution in [2.75, 3.05) is 20.2 Å². The summed E-state index contributed by atoms with van der Waals surface area (Å²) in [6.45, 7) is 6.02. The molecule has 0 aromatic heterocycles. The number of hydrogen-bond donors (Lipinski definition) is 1. The molecule has 174 valence electrons. The van der Waals surface area contributed by atoms with Crippen molar-refractivity contribution in [3.8, 4) is 0 Å². The van der Waals surface area contributed by atoms with Crippen LogP contribution in [0.4, 0.5) is 0 Å². The molecule has 33 heavy (non-hydrogen) atoms. The molecule has 0 aliphatic carbocycles. The summed E-state index contributed by atoms with van der Waals surface area (Å²) < 4.78 is 0. The van der Waals surface area contributed by atoms with Gasteiger partial charge in [0, 0.05) is 25.1 Å². The summed E-state index contributed by atoms with van der Waals surface area (Å²) in [5, 5.41) is 0. The third-order valence-electron chi connectivity index (χ3n) is 6.74. The molecule has 1 heterocycles. The van der Waals surface area contributed by atoms with Crippen molar-refractivity contribution in [1.29, 1.82) is 0 Å². The first kappa shape index (κ1) is 25.0. The highest BCUT2D eigenvalue weighted by atomic mass is 16.6. The highest BCUT2D eigenvalue weighted by Crippen LogP contribution is 2.28. The minimum atomic E-state index is -0.250. The zero-order valence-electron chi connectivity index (χ0n) is 20.1. The molecule has 5 nitrogen and oxygen atoms in total. The normalized spacial score (nSPS) is 15.3. The summed E-state index contributed by atoms with van der Waals surface area (Å²) in [6, 6.07) is 13.7. The van der Waals surface area contributed by atoms with E-state index in [9.17, 15) is 9.59 Å². The fourth-order valence-electron chi connectivity index (χ4n) is 4.61. The van der Waals surface area contributed by atoms with Crippen molar-refractivity contribution in [2.24, 2.45) is 5.92 Å². The van der Waals surface area contributed by atoms with Gasteiger partial charge in [0.2, 0.25) is 5.91 Å². The molecule has 0 spiro atoms. The molecule has 1 atom stereocenters. The molecular weight excluding hydrogens is 411 g/mol. The lowest BCUT2D eigenvalue weighted by molar-refractivity contribution is -0.133. The number of amides is 2. The Morgan fingerprint density at radius 2 is 1.94 bits per heavy atom. The number of nitrogens with zero attached hydrogens (tertiary/aromatic N) is 1. The van der Waals surface area contributed by atoms with Crippen LogP contribution in [-0.4, -0.2) is 44.8 Å². The van der Waals surface area contributed by atoms with Gasteiger partial charge in [0.15, 0.2) is 0 Å². The highest BCUT2D eigenvalue weighted by molar-refractivity contribution is 6.32. The SMILES string of the molecule is [B]c1cccc(C(CCCc2ccc(C(=O)NOC)cc2C)CC(=O)N2CCC(C)CC2)c1. The predicted octanol–water partition coefficient (Wildman–Crippen LogP) is 3.84. The zero-order valence-corrected chi connectivity index (χ0v) is 20.1. The van der Waals surface area contributed by atoms with Gasteiger partial charge in [-0.25, -0.2) is 5.48 Å². The Balaban J connectivity index is 1.64. The molecule has 1 fully saturated rings. The molecule has 1 saturated heterocycles. The first-order chi connectivity index (χ1) is 15.9. The van der Waals surface area contributed by atoms with Crippen molar-refractivity contribution >= 4 is 25.1 Å². The summed E-state index contributed by atoms with van der Waals surface area (Å²) in [5.41, 5.74) is 7.10. The largest absolute Gasteiger partial charge is 0.343 e. The van der Waals surface area contributed by atoms with E-state index in [4.69, 9.17) is 12.7 Å². The van der Waals surface area contributed by atoms with Gasteiger partial charge in [-0.05, 0) is 79.7 Å². The van der Waals surface area contributed by atoms with Gasteiger partial charge in [-0.3, -0.25) is 14.4 Å². The Kier molecular flexibility index (Phi) is 9.13. The van der Waals surface area contributed by atoms with E-state index >= 15 is 0 Å². The molecule has 0 saturated carbocycles. The lowest BCUT2D eigenvalue weighted by Gasteiger charge is -2.31. The summed E-state index contributed by atoms with van der Waals surface area (Å²) in [5.74, 6) is 0.847. The van der Waals surface area contributed by atoms with Gasteiger partial charge < -0.3 is 4.90 Å². The maximum Gasteiger partial charge on any atom is 0.274 e. The van der Waals surface area contributed by atoms with E-state index in [0.29, 0.717) is 17.9 Å². The molecule has 1 unspecified atom stereocenters. The molecule has 2 radical (unpaired) electrons. The highest BCUT2D eigenvalue weighted by Gasteiger charge is 2.24. The van der Waals surface area contributed by atoms with Crippen LogP contribution in [0.25, 0.3) is 0 Å². The average Bonchev–Trinajstić information content (AvgIpc) is 2.80. The Bertz CT molecular complexity index is 954. The van der Waals surface area contributed by atoms with Crippen molar-refractivity contribution < 1.29 is 14.4 Å². The summed E-state index contributed by atoms with van der Waals surface area (Å²) >= 11 is 0. The van der Waals surface area contributed by atoms with Crippen molar-refractivity contribution in [3.63, 3.8) is 0 Å². The maximum absolute atomic E-state index is 13.1. The van der Waals surface area contributed by atoms with Gasteiger partial charge in [-0.2, -0.15) is 0 Å². The second-order valence-corrected chi connectivity index (χ2v) is 9.30. The van der Waals surface area contributed by atoms with Gasteiger partial charge in [0.25, 0.3) is 5.91 Å². The monoisotopic (exact) mass is 446 g/mol. The molecule has 1 N–H and O–H groups in total. The van der Waals surface area contributed by atoms with Crippen molar-refractivity contribution in [1.82, 2.24) is 10.4 Å². The Morgan fingerprint density at radius 3 is 2.61 bits per heavy atom. The van der Waals surface area contributed by atoms with E-state index in [2.05, 4.69) is 18.5 Å². The minimum absolute atomic E-state index is 0.146. The molecule has 1 aliphatic rings. The standard InChI is InChI=1S/C27H35BN2O3/c1-19-12-14-30(15-13-19)26(31)18-23(22-8-5-9-25(28)17-22)7-4-6-21-10-11-24(16-20(21)2)27(32)29-33-3/h5,8-11,16-17,19,23H,4,6-7,12-15,18H2,1-3H3,(H,29,32). The zero-order chi connectivity index (χ0) is 23.8. The molecule has 2 amide bonds. The fraction of sp³-hybridized carbons (Fsp3) is 0.481. The third kappa shape index (κ3) is 7.19. The topological polar surface area (TPSA) is 58.6 Å². The summed E-state index contributed by atoms with van der Waals surface area (Å²) in [4.78, 5) is 31.8. The summed E-state index contributed by atoms with van der Waals surface area (Å²) in [7, 11) is 7.47. The number of carbonyl (C=O) groups excluding carboxylic acids is 2. The van der Waals surface area contributed by atoms with Gasteiger partial charge in [-0.15, -0.1) is 0 Å². The molecule has 3 rings (SSSR count). The second-order valence-electron chi connectivity index (χ2n) is 9.30. The van der Waals surface area contributed by atoms with Crippen LogP contribution in [0.2, 0.25) is 0 Å². The lowest BCUT2D eigenvalue weighted by Crippen LogP contribution is -2.38. The van der Waals surface area contributed by atoms with Gasteiger partial charge in [-0.1, -0.05) is 42.7 Å². The molecule has 2 aromatic rings. The Morgan fingerprint density at radius 1 is 1.18 bits per heavy atom. The maximum atomic E-state index is 13.1. The van der Waals surface area contributed by atoms with Crippen LogP contribution in [0.1, 0.15) is 72.0 Å². The van der Waals surface area contributed by atoms with E-state index in [-0.39, 0.29) is 17.7 Å². The van der Waals surface area contributed by atoms with Crippen LogP contribution in [0.3, 0.4) is 0 Å². The molecule has 6 heteroatoms. The average molecular weight is 446 g/mol. The molecule has 1 aliphatic heterocycles. The number of hydrogen-bond acceptors (Lipinski definition) is 3. The van der Waals surface area contributed by atoms with Crippen LogP contribution in [0, 0.1) is 12.8 Å². The van der Waals surface area contributed by atoms with Crippen LogP contribution < -0.4 is 10.9 Å². The number of hydroxylamine groups is 1. The lowest BCUT2D eigenvalue weighted by atomic mass is 9.85. The molecule has 0 bridgehead atoms. The van der Waals surface area contributed by atoms with E-state index in [1.807, 2.05) is 48.2 Å². The van der Waals surface area contributed by atoms with E-state index in [1.54, 1.807) is 0 Å². The number of piperidine rings is 1. The number of carbonyl (C=O) groups is 2. The smallest absolute Gasteiger partial charge is 0.274 e. The van der Waals surface area contributed by atoms with Crippen molar-refractivity contribution in [2.45, 2.75) is 58.3 Å². The number of aryl methyl sites for hydroxylation is 2. The first-order valence-corrected chi connectivity index (χ1v) is 11.9. The van der Waals surface area contributed by atoms with Crippen LogP contribution in [0.5, 0.6) is 0 Å². The van der Waals surface area contributed by atoms with Gasteiger partial charge >= 0.3 is 0 Å². The van der Waals surface area contributed by atoms with Crippen LogP contribution >= 0.6 is 0 Å². The molecule has 2 aromatic carbocycles. The second kappa shape index (κ2) is 12.0. The Labute approximate surface area is 199 Å². The quantitative estimate of drug-likeness (QED) is 0.471. The van der Waals surface area contributed by atoms with E-state index in [0.717, 1.165) is 61.8 Å². The van der Waals surface area contributed by atoms with Crippen LogP contribution in [-0.2, 0) is 16.1 Å². The van der Waals surface area contributed by atoms with E-state index < -0.39 is 0 Å². The minimum Gasteiger partial charge on any atom is -0.343 e. The fourth-order valence-corrected chi connectivity index (χ4v) is 4.61. The number of rotatable bonds is 9. The number of likely N-dealkylation sites (tertiary alicyclic amines) is 1.